The van der Waals surface area contributed by atoms with Crippen LogP contribution in [0.15, 0.2) is 46.6 Å². The number of nitrogens with two attached hydrogens (primary N) is 1. The molecule has 4 rings (SSSR count). The number of esters is 1. The van der Waals surface area contributed by atoms with E-state index in [0.29, 0.717) is 16.9 Å². The number of nitrogens with zero attached hydrogens (tertiary/aromatic N) is 3. The number of hydrogen-bond donors (Lipinski definition) is 1. The van der Waals surface area contributed by atoms with E-state index >= 15 is 0 Å². The van der Waals surface area contributed by atoms with Crippen molar-refractivity contribution in [2.24, 2.45) is 12.8 Å². The Kier molecular flexibility index (Phi) is 4.58. The second kappa shape index (κ2) is 7.02. The highest BCUT2D eigenvalue weighted by molar-refractivity contribution is 6.15. The van der Waals surface area contributed by atoms with Crippen molar-refractivity contribution in [1.82, 2.24) is 4.57 Å². The summed E-state index contributed by atoms with van der Waals surface area (Å²) in [6.07, 6.45) is 0. The number of fused-ring (bicyclic) bond motifs is 4. The molecule has 9 nitrogen and oxygen atoms in total. The first-order chi connectivity index (χ1) is 14.8. The zero-order chi connectivity index (χ0) is 22.5. The molecule has 31 heavy (non-hydrogen) atoms. The van der Waals surface area contributed by atoms with Crippen LogP contribution in [0.3, 0.4) is 0 Å². The molecule has 2 aromatic rings. The van der Waals surface area contributed by atoms with Gasteiger partial charge >= 0.3 is 5.97 Å². The Morgan fingerprint density at radius 3 is 2.71 bits per heavy atom. The predicted octanol–water partition coefficient (Wildman–Crippen LogP) is 0.976. The van der Waals surface area contributed by atoms with Crippen molar-refractivity contribution < 1.29 is 19.1 Å². The number of aryl methyl sites for hydroxylation is 1. The Labute approximate surface area is 177 Å². The number of anilines is 1. The number of hydrogen-bond acceptors (Lipinski definition) is 7. The minimum atomic E-state index is -1.82. The summed E-state index contributed by atoms with van der Waals surface area (Å²) in [5.41, 5.74) is 4.94. The van der Waals surface area contributed by atoms with Gasteiger partial charge in [0, 0.05) is 30.1 Å². The average Bonchev–Trinajstić information content (AvgIpc) is 2.96. The summed E-state index contributed by atoms with van der Waals surface area (Å²) in [6, 6.07) is 10.3. The second-order valence-electron chi connectivity index (χ2n) is 7.31. The SMILES string of the molecule is CCOC(=O)CN1C(=O)[C@]2(C(C#N)=C(N)Oc3cc(C)n(C)c(=O)c32)c2ccccc21. The van der Waals surface area contributed by atoms with E-state index in [1.54, 1.807) is 51.2 Å². The van der Waals surface area contributed by atoms with Crippen LogP contribution in [0.5, 0.6) is 5.75 Å². The van der Waals surface area contributed by atoms with Gasteiger partial charge in [0.1, 0.15) is 23.9 Å². The van der Waals surface area contributed by atoms with Gasteiger partial charge in [-0.1, -0.05) is 18.2 Å². The number of carbonyl (C=O) groups is 2. The lowest BCUT2D eigenvalue weighted by molar-refractivity contribution is -0.142. The molecule has 9 heteroatoms. The first-order valence-electron chi connectivity index (χ1n) is 9.65. The second-order valence-corrected chi connectivity index (χ2v) is 7.31. The molecule has 2 N–H and O–H groups in total. The van der Waals surface area contributed by atoms with Crippen molar-refractivity contribution in [2.75, 3.05) is 18.1 Å². The van der Waals surface area contributed by atoms with Gasteiger partial charge in [-0.05, 0) is 19.9 Å². The monoisotopic (exact) mass is 420 g/mol. The van der Waals surface area contributed by atoms with Crippen LogP contribution in [0.25, 0.3) is 0 Å². The van der Waals surface area contributed by atoms with Gasteiger partial charge in [0.25, 0.3) is 5.56 Å². The van der Waals surface area contributed by atoms with E-state index in [1.807, 2.05) is 6.07 Å². The standard InChI is InChI=1S/C22H20N4O5/c1-4-30-17(27)11-26-15-8-6-5-7-13(15)22(21(26)29)14(10-23)19(24)31-16-9-12(2)25(3)20(28)18(16)22/h5-9H,4,11,24H2,1-3H3/t22-/m0/s1. The lowest BCUT2D eigenvalue weighted by Crippen LogP contribution is -2.50. The number of para-hydroxylation sites is 1. The highest BCUT2D eigenvalue weighted by atomic mass is 16.5. The highest BCUT2D eigenvalue weighted by Crippen LogP contribution is 2.54. The first-order valence-corrected chi connectivity index (χ1v) is 9.65. The van der Waals surface area contributed by atoms with Gasteiger partial charge in [0.2, 0.25) is 11.8 Å². The number of rotatable bonds is 3. The number of nitriles is 1. The molecule has 1 amide bonds. The van der Waals surface area contributed by atoms with Crippen molar-refractivity contribution >= 4 is 17.6 Å². The Balaban J connectivity index is 2.09. The van der Waals surface area contributed by atoms with Crippen molar-refractivity contribution in [3.05, 3.63) is 69.0 Å². The molecule has 1 spiro atoms. The van der Waals surface area contributed by atoms with Gasteiger partial charge in [0.15, 0.2) is 5.41 Å². The van der Waals surface area contributed by atoms with Crippen LogP contribution in [0, 0.1) is 18.3 Å². The van der Waals surface area contributed by atoms with E-state index < -0.39 is 22.9 Å². The molecule has 0 radical (unpaired) electrons. The summed E-state index contributed by atoms with van der Waals surface area (Å²) in [4.78, 5) is 40.8. The number of amides is 1. The maximum atomic E-state index is 14.0. The number of carbonyl (C=O) groups excluding carboxylic acids is 2. The Hall–Kier alpha value is -4.06. The summed E-state index contributed by atoms with van der Waals surface area (Å²) in [7, 11) is 1.57. The molecule has 1 atom stereocenters. The van der Waals surface area contributed by atoms with Gasteiger partial charge in [-0.2, -0.15) is 5.26 Å². The fourth-order valence-corrected chi connectivity index (χ4v) is 4.26. The zero-order valence-corrected chi connectivity index (χ0v) is 17.3. The molecular weight excluding hydrogens is 400 g/mol. The minimum Gasteiger partial charge on any atom is -0.465 e. The molecule has 158 valence electrons. The molecule has 2 aliphatic heterocycles. The molecule has 0 saturated carbocycles. The van der Waals surface area contributed by atoms with E-state index in [9.17, 15) is 19.6 Å². The third kappa shape index (κ3) is 2.58. The van der Waals surface area contributed by atoms with Crippen molar-refractivity contribution in [2.45, 2.75) is 19.3 Å². The van der Waals surface area contributed by atoms with Crippen LogP contribution in [0.1, 0.15) is 23.7 Å². The fraction of sp³-hybridized carbons (Fsp3) is 0.273. The molecule has 3 heterocycles. The van der Waals surface area contributed by atoms with E-state index in [0.717, 1.165) is 0 Å². The molecule has 0 unspecified atom stereocenters. The Morgan fingerprint density at radius 2 is 2.03 bits per heavy atom. The van der Waals surface area contributed by atoms with E-state index in [-0.39, 0.29) is 35.9 Å². The van der Waals surface area contributed by atoms with Crippen molar-refractivity contribution in [3.8, 4) is 11.8 Å². The van der Waals surface area contributed by atoms with Crippen LogP contribution in [0.2, 0.25) is 0 Å². The highest BCUT2D eigenvalue weighted by Gasteiger charge is 2.60. The molecule has 0 bridgehead atoms. The number of aromatic nitrogens is 1. The lowest BCUT2D eigenvalue weighted by atomic mass is 9.69. The fourth-order valence-electron chi connectivity index (χ4n) is 4.26. The average molecular weight is 420 g/mol. The van der Waals surface area contributed by atoms with E-state index in [2.05, 4.69) is 0 Å². The molecular formula is C22H20N4O5. The largest absolute Gasteiger partial charge is 0.465 e. The molecule has 1 aromatic carbocycles. The Bertz CT molecular complexity index is 1270. The lowest BCUT2D eigenvalue weighted by Gasteiger charge is -2.34. The van der Waals surface area contributed by atoms with Crippen LogP contribution < -0.4 is 20.9 Å². The zero-order valence-electron chi connectivity index (χ0n) is 17.3. The maximum Gasteiger partial charge on any atom is 0.326 e. The molecule has 2 aliphatic rings. The van der Waals surface area contributed by atoms with E-state index in [4.69, 9.17) is 15.2 Å². The van der Waals surface area contributed by atoms with Gasteiger partial charge in [-0.25, -0.2) is 0 Å². The molecule has 0 saturated heterocycles. The van der Waals surface area contributed by atoms with Crippen LogP contribution >= 0.6 is 0 Å². The quantitative estimate of drug-likeness (QED) is 0.733. The summed E-state index contributed by atoms with van der Waals surface area (Å²) >= 11 is 0. The van der Waals surface area contributed by atoms with Crippen molar-refractivity contribution in [3.63, 3.8) is 0 Å². The smallest absolute Gasteiger partial charge is 0.326 e. The normalized spacial score (nSPS) is 19.0. The number of benzene rings is 1. The van der Waals surface area contributed by atoms with Gasteiger partial charge in [-0.15, -0.1) is 0 Å². The summed E-state index contributed by atoms with van der Waals surface area (Å²) in [5.74, 6) is -1.39. The van der Waals surface area contributed by atoms with Crippen LogP contribution in [0.4, 0.5) is 5.69 Å². The Morgan fingerprint density at radius 1 is 1.32 bits per heavy atom. The molecule has 0 fully saturated rings. The number of ether oxygens (including phenoxy) is 2. The maximum absolute atomic E-state index is 14.0. The van der Waals surface area contributed by atoms with Crippen LogP contribution in [-0.4, -0.2) is 29.6 Å². The van der Waals surface area contributed by atoms with Gasteiger partial charge in [0.05, 0.1) is 12.2 Å². The van der Waals surface area contributed by atoms with Gasteiger partial charge < -0.3 is 19.8 Å². The van der Waals surface area contributed by atoms with Crippen LogP contribution in [-0.2, 0) is 26.8 Å². The van der Waals surface area contributed by atoms with E-state index in [1.165, 1.54) is 9.47 Å². The molecule has 1 aromatic heterocycles. The topological polar surface area (TPSA) is 128 Å². The summed E-state index contributed by atoms with van der Waals surface area (Å²) < 4.78 is 12.0. The summed E-state index contributed by atoms with van der Waals surface area (Å²) in [5, 5.41) is 9.98. The summed E-state index contributed by atoms with van der Waals surface area (Å²) in [6.45, 7) is 3.17. The third-order valence-corrected chi connectivity index (χ3v) is 5.72. The van der Waals surface area contributed by atoms with Gasteiger partial charge in [-0.3, -0.25) is 19.3 Å². The predicted molar refractivity (Wildman–Crippen MR) is 110 cm³/mol. The third-order valence-electron chi connectivity index (χ3n) is 5.72. The number of pyridine rings is 1. The van der Waals surface area contributed by atoms with Crippen molar-refractivity contribution in [1.29, 1.82) is 5.26 Å². The first kappa shape index (κ1) is 20.2. The minimum absolute atomic E-state index is 0.00448. The molecule has 0 aliphatic carbocycles.